The Balaban J connectivity index is 5.25. The van der Waals surface area contributed by atoms with Crippen LogP contribution in [-0.4, -0.2) is 96.7 Å². The minimum Gasteiger partial charge on any atom is -0.462 e. The van der Waals surface area contributed by atoms with Crippen LogP contribution >= 0.6 is 15.6 Å². The fourth-order valence-corrected chi connectivity index (χ4v) is 16.2. The second kappa shape index (κ2) is 82.7. The zero-order valence-corrected chi connectivity index (χ0v) is 75.9. The Labute approximate surface area is 689 Å². The fourth-order valence-electron chi connectivity index (χ4n) is 14.6. The molecular weight excluding hydrogens is 1450 g/mol. The topological polar surface area (TPSA) is 237 Å². The van der Waals surface area contributed by atoms with Gasteiger partial charge in [-0.15, -0.1) is 0 Å². The maximum atomic E-state index is 13.2. The van der Waals surface area contributed by atoms with Crippen LogP contribution in [0.1, 0.15) is 498 Å². The Morgan fingerprint density at radius 1 is 0.241 bits per heavy atom. The molecule has 0 aliphatic carbocycles. The molecule has 0 saturated carbocycles. The maximum Gasteiger partial charge on any atom is 0.472 e. The van der Waals surface area contributed by atoms with Crippen molar-refractivity contribution in [2.24, 2.45) is 17.8 Å². The van der Waals surface area contributed by atoms with E-state index in [0.29, 0.717) is 25.7 Å². The van der Waals surface area contributed by atoms with Gasteiger partial charge in [-0.1, -0.05) is 447 Å². The van der Waals surface area contributed by atoms with Gasteiger partial charge in [0.2, 0.25) is 0 Å². The molecule has 0 rings (SSSR count). The average Bonchev–Trinajstić information content (AvgIpc) is 0.901. The van der Waals surface area contributed by atoms with E-state index < -0.39 is 97.5 Å². The Morgan fingerprint density at radius 3 is 0.607 bits per heavy atom. The van der Waals surface area contributed by atoms with Crippen molar-refractivity contribution < 1.29 is 80.2 Å². The summed E-state index contributed by atoms with van der Waals surface area (Å²) < 4.78 is 69.2. The highest BCUT2D eigenvalue weighted by atomic mass is 31.2. The lowest BCUT2D eigenvalue weighted by atomic mass is 10.0. The predicted molar refractivity (Wildman–Crippen MR) is 465 cm³/mol. The molecule has 0 aromatic carbocycles. The van der Waals surface area contributed by atoms with Crippen molar-refractivity contribution in [2.45, 2.75) is 516 Å². The van der Waals surface area contributed by atoms with Crippen LogP contribution < -0.4 is 0 Å². The molecule has 0 aromatic heterocycles. The van der Waals surface area contributed by atoms with Crippen molar-refractivity contribution in [3.8, 4) is 0 Å². The third-order valence-corrected chi connectivity index (χ3v) is 23.8. The number of ether oxygens (including phenoxy) is 4. The van der Waals surface area contributed by atoms with Crippen LogP contribution in [0.4, 0.5) is 0 Å². The number of aliphatic hydroxyl groups is 1. The second-order valence-electron chi connectivity index (χ2n) is 34.8. The normalized spacial score (nSPS) is 13.8. The van der Waals surface area contributed by atoms with E-state index >= 15 is 0 Å². The molecule has 0 aromatic rings. The summed E-state index contributed by atoms with van der Waals surface area (Å²) in [7, 11) is -9.94. The zero-order chi connectivity index (χ0) is 82.2. The van der Waals surface area contributed by atoms with Crippen molar-refractivity contribution in [3.63, 3.8) is 0 Å². The molecule has 0 bridgehead atoms. The first-order valence-electron chi connectivity index (χ1n) is 47.8. The number of hydrogen-bond donors (Lipinski definition) is 3. The van der Waals surface area contributed by atoms with Gasteiger partial charge < -0.3 is 33.8 Å². The molecular formula is C93H182O17P2. The highest BCUT2D eigenvalue weighted by molar-refractivity contribution is 7.47. The standard InChI is InChI=1S/C93H182O17P2/c1-8-9-10-11-12-13-14-29-39-46-53-60-67-74-90(95)103-80-88(110-93(98)77-70-63-56-49-42-35-28-27-32-38-45-52-59-66-73-86(6)7)82-107-111(99,100)105-78-87(94)79-106-112(101,102)108-83-89(109-92(97)76-69-62-55-48-41-34-26-22-18-16-20-24-31-37-44-51-58-65-72-85(4)5)81-104-91(96)75-68-61-54-47-40-33-25-21-17-15-19-23-30-36-43-50-57-64-71-84(2)3/h84-89,94H,8-83H2,1-7H3,(H,99,100)(H,101,102)/t87-,88+,89+/m0/s1. The van der Waals surface area contributed by atoms with E-state index in [4.69, 9.17) is 37.0 Å². The van der Waals surface area contributed by atoms with Gasteiger partial charge in [-0.25, -0.2) is 9.13 Å². The lowest BCUT2D eigenvalue weighted by Crippen LogP contribution is -2.30. The van der Waals surface area contributed by atoms with Crippen LogP contribution in [0.3, 0.4) is 0 Å². The van der Waals surface area contributed by atoms with Crippen LogP contribution in [0, 0.1) is 17.8 Å². The van der Waals surface area contributed by atoms with Gasteiger partial charge in [0, 0.05) is 25.7 Å². The number of phosphoric acid groups is 2. The highest BCUT2D eigenvalue weighted by Crippen LogP contribution is 2.45. The van der Waals surface area contributed by atoms with Gasteiger partial charge in [0.25, 0.3) is 0 Å². The Hall–Kier alpha value is -1.94. The first-order chi connectivity index (χ1) is 54.2. The second-order valence-corrected chi connectivity index (χ2v) is 37.7. The summed E-state index contributed by atoms with van der Waals surface area (Å²) in [5.74, 6) is 0.345. The summed E-state index contributed by atoms with van der Waals surface area (Å²) in [6, 6.07) is 0. The monoisotopic (exact) mass is 1630 g/mol. The van der Waals surface area contributed by atoms with Crippen LogP contribution in [0.15, 0.2) is 0 Å². The summed E-state index contributed by atoms with van der Waals surface area (Å²) in [6.07, 6.45) is 76.4. The number of aliphatic hydroxyl groups excluding tert-OH is 1. The van der Waals surface area contributed by atoms with Crippen LogP contribution in [0.5, 0.6) is 0 Å². The first kappa shape index (κ1) is 110. The van der Waals surface area contributed by atoms with E-state index in [9.17, 15) is 43.2 Å². The van der Waals surface area contributed by atoms with E-state index in [-0.39, 0.29) is 25.7 Å². The number of phosphoric ester groups is 2. The maximum absolute atomic E-state index is 13.2. The van der Waals surface area contributed by atoms with Crippen LogP contribution in [-0.2, 0) is 65.4 Å². The van der Waals surface area contributed by atoms with E-state index in [0.717, 1.165) is 108 Å². The molecule has 0 heterocycles. The molecule has 0 saturated heterocycles. The lowest BCUT2D eigenvalue weighted by Gasteiger charge is -2.21. The number of carbonyl (C=O) groups excluding carboxylic acids is 4. The molecule has 19 heteroatoms. The van der Waals surface area contributed by atoms with Gasteiger partial charge in [-0.05, 0) is 43.4 Å². The predicted octanol–water partition coefficient (Wildman–Crippen LogP) is 28.8. The summed E-state index contributed by atoms with van der Waals surface area (Å²) in [6.45, 7) is 12.1. The molecule has 0 fully saturated rings. The van der Waals surface area contributed by atoms with E-state index in [2.05, 4.69) is 48.5 Å². The Morgan fingerprint density at radius 2 is 0.411 bits per heavy atom. The van der Waals surface area contributed by atoms with E-state index in [1.807, 2.05) is 0 Å². The lowest BCUT2D eigenvalue weighted by molar-refractivity contribution is -0.161. The molecule has 0 aliphatic heterocycles. The van der Waals surface area contributed by atoms with Gasteiger partial charge in [0.15, 0.2) is 12.2 Å². The molecule has 5 atom stereocenters. The van der Waals surface area contributed by atoms with Gasteiger partial charge in [0.1, 0.15) is 19.3 Å². The number of carbonyl (C=O) groups is 4. The number of hydrogen-bond acceptors (Lipinski definition) is 15. The van der Waals surface area contributed by atoms with Crippen molar-refractivity contribution in [3.05, 3.63) is 0 Å². The minimum absolute atomic E-state index is 0.108. The fraction of sp³-hybridized carbons (Fsp3) is 0.957. The molecule has 0 radical (unpaired) electrons. The number of rotatable bonds is 91. The van der Waals surface area contributed by atoms with Crippen molar-refractivity contribution >= 4 is 39.5 Å². The molecule has 3 N–H and O–H groups in total. The molecule has 0 amide bonds. The number of unbranched alkanes of at least 4 members (excludes halogenated alkanes) is 59. The summed E-state index contributed by atoms with van der Waals surface area (Å²) in [5, 5.41) is 10.7. The minimum atomic E-state index is -4.97. The van der Waals surface area contributed by atoms with Crippen LogP contribution in [0.2, 0.25) is 0 Å². The van der Waals surface area contributed by atoms with Crippen molar-refractivity contribution in [1.29, 1.82) is 0 Å². The summed E-state index contributed by atoms with van der Waals surface area (Å²) in [5.41, 5.74) is 0. The highest BCUT2D eigenvalue weighted by Gasteiger charge is 2.31. The molecule has 0 spiro atoms. The summed E-state index contributed by atoms with van der Waals surface area (Å²) in [4.78, 5) is 73.5. The largest absolute Gasteiger partial charge is 0.472 e. The number of esters is 4. The van der Waals surface area contributed by atoms with E-state index in [1.54, 1.807) is 0 Å². The van der Waals surface area contributed by atoms with Gasteiger partial charge in [-0.3, -0.25) is 37.3 Å². The molecule has 17 nitrogen and oxygen atoms in total. The average molecular weight is 1630 g/mol. The molecule has 666 valence electrons. The third-order valence-electron chi connectivity index (χ3n) is 21.9. The van der Waals surface area contributed by atoms with Gasteiger partial charge >= 0.3 is 39.5 Å². The first-order valence-corrected chi connectivity index (χ1v) is 50.8. The van der Waals surface area contributed by atoms with Crippen LogP contribution in [0.25, 0.3) is 0 Å². The van der Waals surface area contributed by atoms with Gasteiger partial charge in [0.05, 0.1) is 26.4 Å². The molecule has 2 unspecified atom stereocenters. The quantitative estimate of drug-likeness (QED) is 0.0222. The SMILES string of the molecule is CCCCCCCCCCCCCCCC(=O)OC[C@H](COP(=O)(O)OC[C@H](O)COP(=O)(O)OC[C@@H](COC(=O)CCCCCCCCCCCCCCCCCCCCC(C)C)OC(=O)CCCCCCCCCCCCCCCCCCCCC(C)C)OC(=O)CCCCCCCCCCCCCCCCC(C)C. The third kappa shape index (κ3) is 85.9. The van der Waals surface area contributed by atoms with Gasteiger partial charge in [-0.2, -0.15) is 0 Å². The van der Waals surface area contributed by atoms with E-state index in [1.165, 1.54) is 308 Å². The van der Waals surface area contributed by atoms with Crippen molar-refractivity contribution in [1.82, 2.24) is 0 Å². The zero-order valence-electron chi connectivity index (χ0n) is 74.2. The Bertz CT molecular complexity index is 2150. The van der Waals surface area contributed by atoms with Crippen molar-refractivity contribution in [2.75, 3.05) is 39.6 Å². The summed E-state index contributed by atoms with van der Waals surface area (Å²) >= 11 is 0. The molecule has 0 aliphatic rings. The Kier molecular flexibility index (Phi) is 81.3. The smallest absolute Gasteiger partial charge is 0.462 e. The molecule has 112 heavy (non-hydrogen) atoms.